The van der Waals surface area contributed by atoms with Crippen LogP contribution in [0.1, 0.15) is 41.5 Å². The van der Waals surface area contributed by atoms with Crippen LogP contribution in [0.5, 0.6) is 0 Å². The molecule has 3 rings (SSSR count). The van der Waals surface area contributed by atoms with Crippen LogP contribution in [0.15, 0.2) is 48.5 Å². The molecule has 0 saturated heterocycles. The lowest BCUT2D eigenvalue weighted by atomic mass is 9.87. The Hall–Kier alpha value is -2.70. The molecule has 2 aromatic carbocycles. The van der Waals surface area contributed by atoms with E-state index >= 15 is 0 Å². The zero-order valence-corrected chi connectivity index (χ0v) is 16.2. The van der Waals surface area contributed by atoms with E-state index in [9.17, 15) is 14.4 Å². The molecule has 2 aromatic rings. The van der Waals surface area contributed by atoms with Crippen molar-refractivity contribution >= 4 is 41.5 Å². The van der Waals surface area contributed by atoms with Gasteiger partial charge in [-0.15, -0.1) is 12.4 Å². The van der Waals surface area contributed by atoms with Gasteiger partial charge in [0.05, 0.1) is 22.9 Å². The molecular formula is C20H22ClN3O3. The van der Waals surface area contributed by atoms with E-state index in [1.807, 2.05) is 20.8 Å². The Morgan fingerprint density at radius 1 is 1.00 bits per heavy atom. The highest BCUT2D eigenvalue weighted by Gasteiger charge is 2.36. The number of carbonyl (C=O) groups is 3. The molecule has 0 aliphatic carbocycles. The fourth-order valence-electron chi connectivity index (χ4n) is 2.76. The van der Waals surface area contributed by atoms with Crippen LogP contribution in [0.4, 0.5) is 11.4 Å². The highest BCUT2D eigenvalue weighted by molar-refractivity contribution is 6.34. The smallest absolute Gasteiger partial charge is 0.266 e. The highest BCUT2D eigenvalue weighted by Crippen LogP contribution is 2.30. The topological polar surface area (TPSA) is 92.5 Å². The third-order valence-corrected chi connectivity index (χ3v) is 4.38. The van der Waals surface area contributed by atoms with Gasteiger partial charge in [0.25, 0.3) is 11.8 Å². The Balaban J connectivity index is 0.00000261. The lowest BCUT2D eigenvalue weighted by Gasteiger charge is -2.26. The summed E-state index contributed by atoms with van der Waals surface area (Å²) in [7, 11) is 0. The molecule has 1 aliphatic heterocycles. The van der Waals surface area contributed by atoms with Gasteiger partial charge in [0.1, 0.15) is 0 Å². The number of amides is 3. The van der Waals surface area contributed by atoms with Crippen LogP contribution in [0.25, 0.3) is 0 Å². The molecule has 6 nitrogen and oxygen atoms in total. The lowest BCUT2D eigenvalue weighted by molar-refractivity contribution is -0.119. The van der Waals surface area contributed by atoms with Crippen molar-refractivity contribution in [1.29, 1.82) is 0 Å². The summed E-state index contributed by atoms with van der Waals surface area (Å²) in [5.41, 5.74) is 7.22. The number of hydrogen-bond donors (Lipinski definition) is 2. The molecule has 7 heteroatoms. The summed E-state index contributed by atoms with van der Waals surface area (Å²) in [5.74, 6) is -1.07. The first-order chi connectivity index (χ1) is 12.2. The summed E-state index contributed by atoms with van der Waals surface area (Å²) >= 11 is 0. The van der Waals surface area contributed by atoms with E-state index in [1.165, 1.54) is 0 Å². The molecule has 1 aliphatic rings. The van der Waals surface area contributed by atoms with Crippen LogP contribution >= 0.6 is 12.4 Å². The Morgan fingerprint density at radius 3 is 2.07 bits per heavy atom. The number of rotatable bonds is 3. The van der Waals surface area contributed by atoms with Gasteiger partial charge in [-0.1, -0.05) is 39.0 Å². The number of hydrogen-bond acceptors (Lipinski definition) is 4. The molecule has 0 fully saturated rings. The maximum absolute atomic E-state index is 12.6. The SMILES string of the molecule is CC(C)(C)[C@H](N)C(=O)Nc1cccc(N2C(=O)c3ccccc3C2=O)c1.Cl. The largest absolute Gasteiger partial charge is 0.325 e. The Kier molecular flexibility index (Phi) is 5.73. The van der Waals surface area contributed by atoms with Crippen LogP contribution in [-0.2, 0) is 4.79 Å². The lowest BCUT2D eigenvalue weighted by Crippen LogP contribution is -2.45. The molecule has 1 heterocycles. The number of carbonyl (C=O) groups excluding carboxylic acids is 3. The number of nitrogens with zero attached hydrogens (tertiary/aromatic N) is 1. The summed E-state index contributed by atoms with van der Waals surface area (Å²) in [5, 5.41) is 2.75. The van der Waals surface area contributed by atoms with Gasteiger partial charge in [-0.3, -0.25) is 14.4 Å². The van der Waals surface area contributed by atoms with Crippen LogP contribution in [0, 0.1) is 5.41 Å². The minimum Gasteiger partial charge on any atom is -0.325 e. The fourth-order valence-corrected chi connectivity index (χ4v) is 2.76. The summed E-state index contributed by atoms with van der Waals surface area (Å²) in [6, 6.07) is 12.6. The van der Waals surface area contributed by atoms with Gasteiger partial charge in [0.15, 0.2) is 0 Å². The van der Waals surface area contributed by atoms with Crippen molar-refractivity contribution < 1.29 is 14.4 Å². The van der Waals surface area contributed by atoms with E-state index in [0.717, 1.165) is 4.90 Å². The first-order valence-electron chi connectivity index (χ1n) is 8.34. The molecule has 0 bridgehead atoms. The second-order valence-corrected chi connectivity index (χ2v) is 7.37. The Labute approximate surface area is 164 Å². The first-order valence-corrected chi connectivity index (χ1v) is 8.34. The average molecular weight is 388 g/mol. The van der Waals surface area contributed by atoms with Crippen molar-refractivity contribution in [3.63, 3.8) is 0 Å². The quantitative estimate of drug-likeness (QED) is 0.791. The molecule has 142 valence electrons. The molecule has 0 saturated carbocycles. The number of imide groups is 1. The van der Waals surface area contributed by atoms with Crippen molar-refractivity contribution in [2.24, 2.45) is 11.1 Å². The first kappa shape index (κ1) is 20.6. The molecular weight excluding hydrogens is 366 g/mol. The predicted octanol–water partition coefficient (Wildman–Crippen LogP) is 3.22. The summed E-state index contributed by atoms with van der Waals surface area (Å²) in [4.78, 5) is 38.6. The van der Waals surface area contributed by atoms with Crippen LogP contribution in [0.3, 0.4) is 0 Å². The van der Waals surface area contributed by atoms with Gasteiger partial charge < -0.3 is 11.1 Å². The number of anilines is 2. The fraction of sp³-hybridized carbons (Fsp3) is 0.250. The zero-order chi connectivity index (χ0) is 19.1. The van der Waals surface area contributed by atoms with Crippen molar-refractivity contribution in [2.45, 2.75) is 26.8 Å². The van der Waals surface area contributed by atoms with E-state index in [-0.39, 0.29) is 35.5 Å². The molecule has 0 aromatic heterocycles. The number of halogens is 1. The van der Waals surface area contributed by atoms with Gasteiger partial charge in [0, 0.05) is 5.69 Å². The molecule has 0 radical (unpaired) electrons. The van der Waals surface area contributed by atoms with E-state index in [2.05, 4.69) is 5.32 Å². The Bertz CT molecular complexity index is 870. The molecule has 27 heavy (non-hydrogen) atoms. The third-order valence-electron chi connectivity index (χ3n) is 4.38. The summed E-state index contributed by atoms with van der Waals surface area (Å²) < 4.78 is 0. The van der Waals surface area contributed by atoms with Crippen LogP contribution < -0.4 is 16.0 Å². The maximum atomic E-state index is 12.6. The van der Waals surface area contributed by atoms with Gasteiger partial charge in [-0.05, 0) is 35.7 Å². The van der Waals surface area contributed by atoms with Gasteiger partial charge in [-0.2, -0.15) is 0 Å². The van der Waals surface area contributed by atoms with Crippen LogP contribution in [-0.4, -0.2) is 23.8 Å². The average Bonchev–Trinajstić information content (AvgIpc) is 2.85. The van der Waals surface area contributed by atoms with E-state index in [1.54, 1.807) is 48.5 Å². The predicted molar refractivity (Wildman–Crippen MR) is 107 cm³/mol. The standard InChI is InChI=1S/C20H21N3O3.ClH/c1-20(2,3)16(21)17(24)22-12-7-6-8-13(11-12)23-18(25)14-9-4-5-10-15(14)19(23)26;/h4-11,16H,21H2,1-3H3,(H,22,24);1H/t16-;/m1./s1. The normalized spacial score (nSPS) is 14.4. The van der Waals surface area contributed by atoms with Crippen molar-refractivity contribution in [2.75, 3.05) is 10.2 Å². The molecule has 3 N–H and O–H groups in total. The van der Waals surface area contributed by atoms with Crippen molar-refractivity contribution in [3.05, 3.63) is 59.7 Å². The van der Waals surface area contributed by atoms with Gasteiger partial charge >= 0.3 is 0 Å². The summed E-state index contributed by atoms with van der Waals surface area (Å²) in [6.45, 7) is 5.64. The zero-order valence-electron chi connectivity index (χ0n) is 15.4. The monoisotopic (exact) mass is 387 g/mol. The van der Waals surface area contributed by atoms with Gasteiger partial charge in [0.2, 0.25) is 5.91 Å². The third kappa shape index (κ3) is 3.86. The number of nitrogens with two attached hydrogens (primary N) is 1. The van der Waals surface area contributed by atoms with E-state index < -0.39 is 6.04 Å². The highest BCUT2D eigenvalue weighted by atomic mass is 35.5. The Morgan fingerprint density at radius 2 is 1.56 bits per heavy atom. The van der Waals surface area contributed by atoms with Crippen molar-refractivity contribution in [1.82, 2.24) is 0 Å². The second-order valence-electron chi connectivity index (χ2n) is 7.37. The maximum Gasteiger partial charge on any atom is 0.266 e. The minimum absolute atomic E-state index is 0. The second kappa shape index (κ2) is 7.50. The van der Waals surface area contributed by atoms with E-state index in [4.69, 9.17) is 5.73 Å². The molecule has 1 atom stereocenters. The van der Waals surface area contributed by atoms with Crippen LogP contribution in [0.2, 0.25) is 0 Å². The minimum atomic E-state index is -0.689. The molecule has 0 spiro atoms. The molecule has 3 amide bonds. The molecule has 0 unspecified atom stereocenters. The number of nitrogens with one attached hydrogen (secondary N) is 1. The van der Waals surface area contributed by atoms with Crippen molar-refractivity contribution in [3.8, 4) is 0 Å². The number of fused-ring (bicyclic) bond motifs is 1. The van der Waals surface area contributed by atoms with Gasteiger partial charge in [-0.25, -0.2) is 4.90 Å². The summed E-state index contributed by atoms with van der Waals surface area (Å²) in [6.07, 6.45) is 0. The van der Waals surface area contributed by atoms with E-state index in [0.29, 0.717) is 22.5 Å². The number of benzene rings is 2.